The number of unbranched alkanes of at least 4 members (excludes halogenated alkanes) is 1. The van der Waals surface area contributed by atoms with Gasteiger partial charge in [0.05, 0.1) is 3.79 Å². The number of rotatable bonds is 9. The highest BCUT2D eigenvalue weighted by molar-refractivity contribution is 14.0. The number of aliphatic imine (C=N–C) groups is 1. The van der Waals surface area contributed by atoms with Crippen LogP contribution < -0.4 is 10.6 Å². The highest BCUT2D eigenvalue weighted by atomic mass is 127. The second-order valence-corrected chi connectivity index (χ2v) is 7.88. The molecule has 3 nitrogen and oxygen atoms in total. The summed E-state index contributed by atoms with van der Waals surface area (Å²) in [7, 11) is 0. The number of hydrogen-bond donors (Lipinski definition) is 2. The van der Waals surface area contributed by atoms with Crippen LogP contribution in [-0.4, -0.2) is 37.6 Å². The Labute approximate surface area is 162 Å². The average Bonchev–Trinajstić information content (AvgIpc) is 2.84. The first-order chi connectivity index (χ1) is 9.76. The molecule has 0 aliphatic carbocycles. The van der Waals surface area contributed by atoms with Crippen LogP contribution in [-0.2, 0) is 6.42 Å². The van der Waals surface area contributed by atoms with Crippen molar-refractivity contribution in [2.75, 3.05) is 31.6 Å². The Bertz CT molecular complexity index is 399. The molecule has 1 rings (SSSR count). The fourth-order valence-corrected chi connectivity index (χ4v) is 3.66. The van der Waals surface area contributed by atoms with E-state index in [4.69, 9.17) is 0 Å². The summed E-state index contributed by atoms with van der Waals surface area (Å²) < 4.78 is 1.20. The van der Waals surface area contributed by atoms with Gasteiger partial charge in [0.15, 0.2) is 5.96 Å². The molecule has 0 saturated carbocycles. The van der Waals surface area contributed by atoms with Crippen LogP contribution in [0.15, 0.2) is 20.9 Å². The summed E-state index contributed by atoms with van der Waals surface area (Å²) in [6, 6.07) is 4.27. The van der Waals surface area contributed by atoms with Gasteiger partial charge < -0.3 is 10.6 Å². The lowest BCUT2D eigenvalue weighted by atomic mass is 10.3. The minimum absolute atomic E-state index is 0. The molecule has 0 atom stereocenters. The molecule has 21 heavy (non-hydrogen) atoms. The van der Waals surface area contributed by atoms with Crippen LogP contribution in [0.5, 0.6) is 0 Å². The molecular formula is C14H25BrIN3S2. The van der Waals surface area contributed by atoms with Crippen LogP contribution in [0, 0.1) is 0 Å². The highest BCUT2D eigenvalue weighted by Crippen LogP contribution is 2.21. The van der Waals surface area contributed by atoms with Crippen molar-refractivity contribution >= 4 is 69.0 Å². The monoisotopic (exact) mass is 505 g/mol. The first kappa shape index (κ1) is 21.5. The van der Waals surface area contributed by atoms with Gasteiger partial charge in [0, 0.05) is 24.5 Å². The molecule has 1 aromatic heterocycles. The van der Waals surface area contributed by atoms with Crippen molar-refractivity contribution in [3.05, 3.63) is 20.8 Å². The summed E-state index contributed by atoms with van der Waals surface area (Å²) >= 11 is 7.19. The van der Waals surface area contributed by atoms with E-state index in [0.717, 1.165) is 38.4 Å². The SMILES string of the molecule is CCNC(=NCCCCSC)NCCc1ccc(Br)s1.I. The molecule has 1 heterocycles. The third kappa shape index (κ3) is 10.8. The molecule has 1 aromatic rings. The van der Waals surface area contributed by atoms with Crippen LogP contribution >= 0.6 is 63.0 Å². The molecule has 122 valence electrons. The van der Waals surface area contributed by atoms with Gasteiger partial charge in [-0.25, -0.2) is 0 Å². The van der Waals surface area contributed by atoms with Crippen molar-refractivity contribution in [1.82, 2.24) is 10.6 Å². The highest BCUT2D eigenvalue weighted by Gasteiger charge is 2.00. The minimum Gasteiger partial charge on any atom is -0.357 e. The fourth-order valence-electron chi connectivity index (χ4n) is 1.68. The number of nitrogens with one attached hydrogen (secondary N) is 2. The van der Waals surface area contributed by atoms with Crippen molar-refractivity contribution in [1.29, 1.82) is 0 Å². The zero-order chi connectivity index (χ0) is 14.6. The third-order valence-corrected chi connectivity index (χ3v) is 5.04. The lowest BCUT2D eigenvalue weighted by Crippen LogP contribution is -2.38. The number of hydrogen-bond acceptors (Lipinski definition) is 3. The van der Waals surface area contributed by atoms with E-state index in [-0.39, 0.29) is 24.0 Å². The van der Waals surface area contributed by atoms with Crippen LogP contribution in [0.4, 0.5) is 0 Å². The van der Waals surface area contributed by atoms with Crippen LogP contribution in [0.2, 0.25) is 0 Å². The number of nitrogens with zero attached hydrogens (tertiary/aromatic N) is 1. The summed E-state index contributed by atoms with van der Waals surface area (Å²) in [6.45, 7) is 4.83. The first-order valence-corrected chi connectivity index (χ1v) is 10.0. The zero-order valence-corrected chi connectivity index (χ0v) is 18.2. The van der Waals surface area contributed by atoms with E-state index in [1.807, 2.05) is 11.8 Å². The normalized spacial score (nSPS) is 11.1. The van der Waals surface area contributed by atoms with Gasteiger partial charge in [0.2, 0.25) is 0 Å². The number of halogens is 2. The van der Waals surface area contributed by atoms with Gasteiger partial charge in [0.25, 0.3) is 0 Å². The van der Waals surface area contributed by atoms with Crippen LogP contribution in [0.25, 0.3) is 0 Å². The summed E-state index contributed by atoms with van der Waals surface area (Å²) in [4.78, 5) is 5.99. The van der Waals surface area contributed by atoms with E-state index in [1.165, 1.54) is 20.8 Å². The predicted molar refractivity (Wildman–Crippen MR) is 113 cm³/mol. The molecule has 0 unspecified atom stereocenters. The van der Waals surface area contributed by atoms with E-state index < -0.39 is 0 Å². The Balaban J connectivity index is 0.00000400. The van der Waals surface area contributed by atoms with E-state index in [2.05, 4.69) is 56.9 Å². The van der Waals surface area contributed by atoms with Gasteiger partial charge in [0.1, 0.15) is 0 Å². The summed E-state index contributed by atoms with van der Waals surface area (Å²) in [5.74, 6) is 2.17. The molecule has 0 aromatic carbocycles. The van der Waals surface area contributed by atoms with Gasteiger partial charge >= 0.3 is 0 Å². The largest absolute Gasteiger partial charge is 0.357 e. The molecule has 0 bridgehead atoms. The zero-order valence-electron chi connectivity index (χ0n) is 12.7. The smallest absolute Gasteiger partial charge is 0.191 e. The predicted octanol–water partition coefficient (Wildman–Crippen LogP) is 4.37. The molecule has 0 fully saturated rings. The molecule has 2 N–H and O–H groups in total. The van der Waals surface area contributed by atoms with Crippen LogP contribution in [0.1, 0.15) is 24.6 Å². The summed E-state index contributed by atoms with van der Waals surface area (Å²) in [5.41, 5.74) is 0. The second-order valence-electron chi connectivity index (χ2n) is 4.34. The molecule has 0 aliphatic heterocycles. The van der Waals surface area contributed by atoms with Gasteiger partial charge in [-0.3, -0.25) is 4.99 Å². The Kier molecular flexibility index (Phi) is 14.5. The van der Waals surface area contributed by atoms with E-state index in [0.29, 0.717) is 0 Å². The van der Waals surface area contributed by atoms with E-state index in [9.17, 15) is 0 Å². The maximum Gasteiger partial charge on any atom is 0.191 e. The molecule has 0 spiro atoms. The van der Waals surface area contributed by atoms with E-state index in [1.54, 1.807) is 11.3 Å². The maximum absolute atomic E-state index is 4.60. The topological polar surface area (TPSA) is 36.4 Å². The standard InChI is InChI=1S/C14H24BrN3S2.HI/c1-3-16-14(17-9-4-5-11-19-2)18-10-8-12-6-7-13(15)20-12;/h6-7H,3-5,8-11H2,1-2H3,(H2,16,17,18);1H. The van der Waals surface area contributed by atoms with Gasteiger partial charge in [-0.05, 0) is 66.3 Å². The van der Waals surface area contributed by atoms with Crippen molar-refractivity contribution in [2.45, 2.75) is 26.2 Å². The lowest BCUT2D eigenvalue weighted by Gasteiger charge is -2.10. The Hall–Kier alpha value is 0.530. The Morgan fingerprint density at radius 3 is 2.76 bits per heavy atom. The molecule has 0 amide bonds. The van der Waals surface area contributed by atoms with Crippen molar-refractivity contribution in [3.8, 4) is 0 Å². The number of thiophene rings is 1. The average molecular weight is 506 g/mol. The molecule has 7 heteroatoms. The Morgan fingerprint density at radius 1 is 1.33 bits per heavy atom. The quantitative estimate of drug-likeness (QED) is 0.226. The maximum atomic E-state index is 4.60. The van der Waals surface area contributed by atoms with Crippen LogP contribution in [0.3, 0.4) is 0 Å². The second kappa shape index (κ2) is 14.1. The number of guanidine groups is 1. The molecular weight excluding hydrogens is 481 g/mol. The summed E-state index contributed by atoms with van der Waals surface area (Å²) in [6.07, 6.45) is 5.59. The summed E-state index contributed by atoms with van der Waals surface area (Å²) in [5, 5.41) is 6.69. The van der Waals surface area contributed by atoms with Crippen molar-refractivity contribution < 1.29 is 0 Å². The molecule has 0 saturated heterocycles. The number of thioether (sulfide) groups is 1. The van der Waals surface area contributed by atoms with Crippen molar-refractivity contribution in [3.63, 3.8) is 0 Å². The van der Waals surface area contributed by atoms with Gasteiger partial charge in [-0.2, -0.15) is 11.8 Å². The van der Waals surface area contributed by atoms with Gasteiger partial charge in [-0.15, -0.1) is 35.3 Å². The minimum atomic E-state index is 0. The molecule has 0 aliphatic rings. The Morgan fingerprint density at radius 2 is 2.14 bits per heavy atom. The first-order valence-electron chi connectivity index (χ1n) is 7.01. The van der Waals surface area contributed by atoms with Crippen molar-refractivity contribution in [2.24, 2.45) is 4.99 Å². The lowest BCUT2D eigenvalue weighted by molar-refractivity contribution is 0.773. The molecule has 0 radical (unpaired) electrons. The van der Waals surface area contributed by atoms with E-state index >= 15 is 0 Å². The van der Waals surface area contributed by atoms with Gasteiger partial charge in [-0.1, -0.05) is 0 Å². The fraction of sp³-hybridized carbons (Fsp3) is 0.643. The third-order valence-electron chi connectivity index (χ3n) is 2.66.